The van der Waals surface area contributed by atoms with E-state index in [1.807, 2.05) is 0 Å². The first-order chi connectivity index (χ1) is 6.07. The minimum atomic E-state index is -0.709. The summed E-state index contributed by atoms with van der Waals surface area (Å²) < 4.78 is 5.38. The van der Waals surface area contributed by atoms with Gasteiger partial charge in [-0.3, -0.25) is 4.79 Å². The van der Waals surface area contributed by atoms with Crippen LogP contribution in [0.3, 0.4) is 0 Å². The number of hydrogen-bond donors (Lipinski definition) is 1. The zero-order valence-corrected chi connectivity index (χ0v) is 8.38. The molecule has 0 aromatic heterocycles. The Labute approximate surface area is 79.1 Å². The number of carboxylic acids is 1. The molecule has 0 bridgehead atoms. The number of carboxylic acid groups (broad SMARTS) is 1. The minimum Gasteiger partial charge on any atom is -0.481 e. The van der Waals surface area contributed by atoms with Gasteiger partial charge in [0.05, 0.1) is 13.0 Å². The summed E-state index contributed by atoms with van der Waals surface area (Å²) in [6.45, 7) is 5.56. The molecule has 0 aromatic carbocycles. The van der Waals surface area contributed by atoms with Crippen molar-refractivity contribution < 1.29 is 14.6 Å². The number of aliphatic carboxylic acids is 1. The van der Waals surface area contributed by atoms with Crippen LogP contribution in [0, 0.1) is 11.3 Å². The van der Waals surface area contributed by atoms with Crippen LogP contribution in [-0.4, -0.2) is 24.3 Å². The Kier molecular flexibility index (Phi) is 3.31. The second-order valence-electron chi connectivity index (χ2n) is 4.24. The van der Waals surface area contributed by atoms with E-state index in [1.165, 1.54) is 0 Å². The van der Waals surface area contributed by atoms with E-state index in [1.54, 1.807) is 0 Å². The molecule has 0 aliphatic carbocycles. The fourth-order valence-corrected chi connectivity index (χ4v) is 1.97. The summed E-state index contributed by atoms with van der Waals surface area (Å²) in [5, 5.41) is 8.82. The molecule has 1 aliphatic heterocycles. The van der Waals surface area contributed by atoms with E-state index < -0.39 is 5.97 Å². The molecule has 1 atom stereocenters. The van der Waals surface area contributed by atoms with Crippen molar-refractivity contribution >= 4 is 5.97 Å². The van der Waals surface area contributed by atoms with Gasteiger partial charge in [-0.2, -0.15) is 0 Å². The number of rotatable bonds is 3. The van der Waals surface area contributed by atoms with Gasteiger partial charge in [0.2, 0.25) is 0 Å². The van der Waals surface area contributed by atoms with Gasteiger partial charge in [0.25, 0.3) is 0 Å². The lowest BCUT2D eigenvalue weighted by Crippen LogP contribution is -2.38. The largest absolute Gasteiger partial charge is 0.481 e. The highest BCUT2D eigenvalue weighted by atomic mass is 16.5. The predicted molar refractivity (Wildman–Crippen MR) is 49.6 cm³/mol. The Morgan fingerprint density at radius 3 is 2.69 bits per heavy atom. The fraction of sp³-hybridized carbons (Fsp3) is 0.900. The Morgan fingerprint density at radius 2 is 2.31 bits per heavy atom. The third-order valence-electron chi connectivity index (χ3n) is 3.08. The van der Waals surface area contributed by atoms with Gasteiger partial charge in [-0.1, -0.05) is 13.8 Å². The maximum Gasteiger partial charge on any atom is 0.304 e. The molecule has 1 rings (SSSR count). The summed E-state index contributed by atoms with van der Waals surface area (Å²) in [7, 11) is 0. The lowest BCUT2D eigenvalue weighted by molar-refractivity contribution is -0.144. The normalized spacial score (nSPS) is 29.2. The van der Waals surface area contributed by atoms with Crippen LogP contribution in [0.25, 0.3) is 0 Å². The average molecular weight is 186 g/mol. The summed E-state index contributed by atoms with van der Waals surface area (Å²) in [6, 6.07) is 0. The van der Waals surface area contributed by atoms with E-state index in [-0.39, 0.29) is 11.8 Å². The number of hydrogen-bond acceptors (Lipinski definition) is 2. The molecular weight excluding hydrogens is 168 g/mol. The Hall–Kier alpha value is -0.570. The quantitative estimate of drug-likeness (QED) is 0.732. The molecule has 3 heteroatoms. The lowest BCUT2D eigenvalue weighted by Gasteiger charge is -2.39. The van der Waals surface area contributed by atoms with Crippen LogP contribution in [0.15, 0.2) is 0 Å². The van der Waals surface area contributed by atoms with E-state index >= 15 is 0 Å². The van der Waals surface area contributed by atoms with Crippen molar-refractivity contribution in [2.45, 2.75) is 33.1 Å². The fourth-order valence-electron chi connectivity index (χ4n) is 1.97. The Morgan fingerprint density at radius 1 is 1.62 bits per heavy atom. The summed E-state index contributed by atoms with van der Waals surface area (Å²) in [6.07, 6.45) is 2.22. The van der Waals surface area contributed by atoms with Gasteiger partial charge < -0.3 is 9.84 Å². The van der Waals surface area contributed by atoms with Gasteiger partial charge in [0, 0.05) is 12.0 Å². The van der Waals surface area contributed by atoms with E-state index in [2.05, 4.69) is 13.8 Å². The summed E-state index contributed by atoms with van der Waals surface area (Å²) in [5.41, 5.74) is -0.121. The topological polar surface area (TPSA) is 46.5 Å². The minimum absolute atomic E-state index is 0.121. The highest BCUT2D eigenvalue weighted by molar-refractivity contribution is 5.67. The maximum atomic E-state index is 10.7. The zero-order chi connectivity index (χ0) is 9.90. The van der Waals surface area contributed by atoms with Crippen molar-refractivity contribution in [3.05, 3.63) is 0 Å². The molecule has 0 spiro atoms. The van der Waals surface area contributed by atoms with Crippen LogP contribution in [0.4, 0.5) is 0 Å². The highest BCUT2D eigenvalue weighted by Crippen LogP contribution is 2.39. The van der Waals surface area contributed by atoms with E-state index in [0.29, 0.717) is 12.5 Å². The highest BCUT2D eigenvalue weighted by Gasteiger charge is 2.37. The van der Waals surface area contributed by atoms with E-state index in [4.69, 9.17) is 9.84 Å². The monoisotopic (exact) mass is 186 g/mol. The number of carbonyl (C=O) groups is 1. The molecule has 76 valence electrons. The lowest BCUT2D eigenvalue weighted by atomic mass is 9.71. The first-order valence-electron chi connectivity index (χ1n) is 4.86. The Balaban J connectivity index is 2.67. The molecule has 0 amide bonds. The molecule has 13 heavy (non-hydrogen) atoms. The van der Waals surface area contributed by atoms with E-state index in [0.717, 1.165) is 19.4 Å². The standard InChI is InChI=1S/C10H18O3/c1-8(2)10(6-9(11)12)4-3-5-13-7-10/h8H,3-7H2,1-2H3,(H,11,12). The average Bonchev–Trinajstić information content (AvgIpc) is 2.04. The summed E-state index contributed by atoms with van der Waals surface area (Å²) in [5.74, 6) is -0.330. The molecule has 1 N–H and O–H groups in total. The molecule has 0 aromatic rings. The first kappa shape index (κ1) is 10.5. The molecule has 1 fully saturated rings. The maximum absolute atomic E-state index is 10.7. The molecule has 0 saturated carbocycles. The van der Waals surface area contributed by atoms with Crippen LogP contribution in [0.2, 0.25) is 0 Å². The van der Waals surface area contributed by atoms with Crippen LogP contribution < -0.4 is 0 Å². The molecule has 0 radical (unpaired) electrons. The van der Waals surface area contributed by atoms with Crippen molar-refractivity contribution in [1.82, 2.24) is 0 Å². The second-order valence-corrected chi connectivity index (χ2v) is 4.24. The van der Waals surface area contributed by atoms with Crippen LogP contribution in [0.1, 0.15) is 33.1 Å². The third kappa shape index (κ3) is 2.44. The molecule has 1 heterocycles. The van der Waals surface area contributed by atoms with Gasteiger partial charge in [-0.15, -0.1) is 0 Å². The van der Waals surface area contributed by atoms with Crippen molar-refractivity contribution in [2.24, 2.45) is 11.3 Å². The first-order valence-corrected chi connectivity index (χ1v) is 4.86. The molecule has 1 saturated heterocycles. The molecular formula is C10H18O3. The van der Waals surface area contributed by atoms with Crippen molar-refractivity contribution in [2.75, 3.05) is 13.2 Å². The second kappa shape index (κ2) is 4.09. The van der Waals surface area contributed by atoms with Crippen LogP contribution in [-0.2, 0) is 9.53 Å². The van der Waals surface area contributed by atoms with E-state index in [9.17, 15) is 4.79 Å². The summed E-state index contributed by atoms with van der Waals surface area (Å²) in [4.78, 5) is 10.7. The number of ether oxygens (including phenoxy) is 1. The van der Waals surface area contributed by atoms with Gasteiger partial charge >= 0.3 is 5.97 Å². The zero-order valence-electron chi connectivity index (χ0n) is 8.38. The summed E-state index contributed by atoms with van der Waals surface area (Å²) >= 11 is 0. The SMILES string of the molecule is CC(C)C1(CC(=O)O)CCCOC1. The third-order valence-corrected chi connectivity index (χ3v) is 3.08. The van der Waals surface area contributed by atoms with Gasteiger partial charge in [0.15, 0.2) is 0 Å². The molecule has 1 aliphatic rings. The van der Waals surface area contributed by atoms with Gasteiger partial charge in [-0.05, 0) is 18.8 Å². The smallest absolute Gasteiger partial charge is 0.304 e. The van der Waals surface area contributed by atoms with Crippen molar-refractivity contribution in [3.8, 4) is 0 Å². The van der Waals surface area contributed by atoms with Crippen molar-refractivity contribution in [1.29, 1.82) is 0 Å². The molecule has 1 unspecified atom stereocenters. The predicted octanol–water partition coefficient (Wildman–Crippen LogP) is 1.91. The van der Waals surface area contributed by atoms with Crippen LogP contribution in [0.5, 0.6) is 0 Å². The van der Waals surface area contributed by atoms with Gasteiger partial charge in [0.1, 0.15) is 0 Å². The molecule has 3 nitrogen and oxygen atoms in total. The van der Waals surface area contributed by atoms with Crippen LogP contribution >= 0.6 is 0 Å². The Bertz CT molecular complexity index is 181. The van der Waals surface area contributed by atoms with Gasteiger partial charge in [-0.25, -0.2) is 0 Å². The van der Waals surface area contributed by atoms with Crippen molar-refractivity contribution in [3.63, 3.8) is 0 Å².